The van der Waals surface area contributed by atoms with Crippen molar-refractivity contribution in [3.05, 3.63) is 66.1 Å². The number of nitrogens with one attached hydrogen (secondary N) is 2. The molecule has 0 spiro atoms. The van der Waals surface area contributed by atoms with Crippen LogP contribution < -0.4 is 21.1 Å². The Kier molecular flexibility index (Phi) is 5.45. The summed E-state index contributed by atoms with van der Waals surface area (Å²) in [5.41, 5.74) is 7.22. The Morgan fingerprint density at radius 2 is 1.86 bits per heavy atom. The quantitative estimate of drug-likeness (QED) is 0.521. The molecule has 9 nitrogen and oxygen atoms in total. The predicted molar refractivity (Wildman–Crippen MR) is 104 cm³/mol. The molecule has 0 atom stereocenters. The minimum atomic E-state index is -0.762. The Hall–Kier alpha value is -4.01. The number of methoxy groups -OCH3 is 1. The zero-order chi connectivity index (χ0) is 20.1. The number of amides is 3. The van der Waals surface area contributed by atoms with Gasteiger partial charge in [0, 0.05) is 24.0 Å². The Bertz CT molecular complexity index is 998. The van der Waals surface area contributed by atoms with Crippen molar-refractivity contribution in [1.29, 1.82) is 0 Å². The highest BCUT2D eigenvalue weighted by Gasteiger charge is 2.15. The average molecular weight is 381 g/mol. The van der Waals surface area contributed by atoms with E-state index in [0.29, 0.717) is 23.7 Å². The van der Waals surface area contributed by atoms with Crippen LogP contribution in [0.4, 0.5) is 16.2 Å². The molecule has 0 aliphatic heterocycles. The summed E-state index contributed by atoms with van der Waals surface area (Å²) in [7, 11) is 1.55. The van der Waals surface area contributed by atoms with Gasteiger partial charge in [-0.05, 0) is 29.8 Å². The van der Waals surface area contributed by atoms with Crippen molar-refractivity contribution in [3.63, 3.8) is 0 Å². The van der Waals surface area contributed by atoms with Gasteiger partial charge < -0.3 is 30.8 Å². The van der Waals surface area contributed by atoms with E-state index in [4.69, 9.17) is 10.5 Å². The van der Waals surface area contributed by atoms with Crippen LogP contribution in [0, 0.1) is 0 Å². The summed E-state index contributed by atoms with van der Waals surface area (Å²) in [6.07, 6.45) is 1.34. The number of carbonyl (C=O) groups excluding carboxylic acids is 2. The molecule has 9 heteroatoms. The highest BCUT2D eigenvalue weighted by atomic mass is 16.5. The number of nitrogens with zero attached hydrogens (tertiary/aromatic N) is 2. The van der Waals surface area contributed by atoms with E-state index in [0.717, 1.165) is 5.56 Å². The molecular weight excluding hydrogens is 362 g/mol. The molecule has 0 aliphatic carbocycles. The van der Waals surface area contributed by atoms with E-state index in [9.17, 15) is 14.7 Å². The summed E-state index contributed by atoms with van der Waals surface area (Å²) in [6.45, 7) is 0.294. The lowest BCUT2D eigenvalue weighted by molar-refractivity contribution is 0.0989. The van der Waals surface area contributed by atoms with E-state index in [1.165, 1.54) is 10.9 Å². The maximum Gasteiger partial charge on any atom is 0.323 e. The number of rotatable bonds is 6. The van der Waals surface area contributed by atoms with Crippen LogP contribution in [0.1, 0.15) is 16.1 Å². The zero-order valence-electron chi connectivity index (χ0n) is 15.0. The Labute approximate surface area is 160 Å². The van der Waals surface area contributed by atoms with Gasteiger partial charge in [0.15, 0.2) is 5.69 Å². The van der Waals surface area contributed by atoms with Crippen LogP contribution in [0.15, 0.2) is 54.9 Å². The third-order valence-corrected chi connectivity index (χ3v) is 3.94. The van der Waals surface area contributed by atoms with E-state index >= 15 is 0 Å². The van der Waals surface area contributed by atoms with E-state index in [1.54, 1.807) is 55.6 Å². The lowest BCUT2D eigenvalue weighted by Gasteiger charge is -2.10. The van der Waals surface area contributed by atoms with Crippen LogP contribution in [0.25, 0.3) is 0 Å². The van der Waals surface area contributed by atoms with E-state index in [2.05, 4.69) is 15.6 Å². The van der Waals surface area contributed by atoms with Gasteiger partial charge in [-0.2, -0.15) is 0 Å². The number of anilines is 2. The molecule has 0 fully saturated rings. The molecular formula is C19H19N5O4. The second-order valence-corrected chi connectivity index (χ2v) is 5.92. The van der Waals surface area contributed by atoms with Crippen LogP contribution in [-0.4, -0.2) is 33.7 Å². The molecule has 0 saturated heterocycles. The number of benzene rings is 2. The number of urea groups is 1. The molecule has 3 rings (SSSR count). The molecule has 0 bridgehead atoms. The molecule has 3 aromatic rings. The molecule has 0 saturated carbocycles. The molecule has 0 aliphatic rings. The van der Waals surface area contributed by atoms with Crippen molar-refractivity contribution in [2.24, 2.45) is 5.73 Å². The van der Waals surface area contributed by atoms with E-state index < -0.39 is 17.8 Å². The van der Waals surface area contributed by atoms with E-state index in [-0.39, 0.29) is 5.69 Å². The summed E-state index contributed by atoms with van der Waals surface area (Å²) < 4.78 is 6.57. The molecule has 1 heterocycles. The number of hydrogen-bond donors (Lipinski definition) is 4. The van der Waals surface area contributed by atoms with Crippen LogP contribution in [0.3, 0.4) is 0 Å². The highest BCUT2D eigenvalue weighted by molar-refractivity contribution is 5.99. The number of hydrogen-bond acceptors (Lipinski definition) is 5. The van der Waals surface area contributed by atoms with Crippen molar-refractivity contribution in [1.82, 2.24) is 9.55 Å². The number of primary amides is 1. The first kappa shape index (κ1) is 18.8. The summed E-state index contributed by atoms with van der Waals surface area (Å²) in [4.78, 5) is 27.2. The van der Waals surface area contributed by atoms with Crippen LogP contribution in [0.2, 0.25) is 0 Å². The van der Waals surface area contributed by atoms with Crippen molar-refractivity contribution in [2.45, 2.75) is 6.54 Å². The van der Waals surface area contributed by atoms with E-state index in [1.807, 2.05) is 0 Å². The number of aromatic hydroxyl groups is 1. The number of aromatic nitrogens is 2. The molecule has 2 aromatic carbocycles. The SMILES string of the molecule is COc1cccc(NC(=O)Nc2ccc(Cn3cnc(O)c3C(N)=O)cc2)c1. The number of carbonyl (C=O) groups is 2. The predicted octanol–water partition coefficient (Wildman–Crippen LogP) is 2.39. The van der Waals surface area contributed by atoms with Gasteiger partial charge in [-0.3, -0.25) is 4.79 Å². The number of nitrogens with two attached hydrogens (primary N) is 1. The fraction of sp³-hybridized carbons (Fsp3) is 0.105. The number of ether oxygens (including phenoxy) is 1. The van der Waals surface area contributed by atoms with Crippen molar-refractivity contribution < 1.29 is 19.4 Å². The Balaban J connectivity index is 1.63. The van der Waals surface area contributed by atoms with Gasteiger partial charge in [-0.15, -0.1) is 0 Å². The largest absolute Gasteiger partial charge is 0.497 e. The fourth-order valence-electron chi connectivity index (χ4n) is 2.63. The van der Waals surface area contributed by atoms with Gasteiger partial charge in [-0.1, -0.05) is 18.2 Å². The lowest BCUT2D eigenvalue weighted by atomic mass is 10.2. The van der Waals surface area contributed by atoms with Crippen LogP contribution in [0.5, 0.6) is 11.6 Å². The Morgan fingerprint density at radius 1 is 1.14 bits per heavy atom. The maximum absolute atomic E-state index is 12.1. The Morgan fingerprint density at radius 3 is 2.54 bits per heavy atom. The minimum Gasteiger partial charge on any atom is -0.497 e. The zero-order valence-corrected chi connectivity index (χ0v) is 15.0. The van der Waals surface area contributed by atoms with Gasteiger partial charge in [0.2, 0.25) is 5.88 Å². The highest BCUT2D eigenvalue weighted by Crippen LogP contribution is 2.18. The third kappa shape index (κ3) is 4.39. The van der Waals surface area contributed by atoms with Gasteiger partial charge >= 0.3 is 6.03 Å². The van der Waals surface area contributed by atoms with Crippen molar-refractivity contribution in [2.75, 3.05) is 17.7 Å². The molecule has 5 N–H and O–H groups in total. The van der Waals surface area contributed by atoms with Gasteiger partial charge in [-0.25, -0.2) is 9.78 Å². The van der Waals surface area contributed by atoms with Crippen molar-refractivity contribution in [3.8, 4) is 11.6 Å². The van der Waals surface area contributed by atoms with Crippen LogP contribution in [-0.2, 0) is 6.54 Å². The smallest absolute Gasteiger partial charge is 0.323 e. The third-order valence-electron chi connectivity index (χ3n) is 3.94. The summed E-state index contributed by atoms with van der Waals surface area (Å²) in [5, 5.41) is 15.0. The topological polar surface area (TPSA) is 132 Å². The first-order valence-electron chi connectivity index (χ1n) is 8.31. The monoisotopic (exact) mass is 381 g/mol. The molecule has 144 valence electrons. The average Bonchev–Trinajstić information content (AvgIpc) is 3.03. The number of imidazole rings is 1. The van der Waals surface area contributed by atoms with Gasteiger partial charge in [0.1, 0.15) is 5.75 Å². The second kappa shape index (κ2) is 8.12. The first-order valence-corrected chi connectivity index (χ1v) is 8.31. The lowest BCUT2D eigenvalue weighted by Crippen LogP contribution is -2.19. The van der Waals surface area contributed by atoms with Crippen LogP contribution >= 0.6 is 0 Å². The normalized spacial score (nSPS) is 10.3. The van der Waals surface area contributed by atoms with Gasteiger partial charge in [0.05, 0.1) is 13.4 Å². The molecule has 1 aromatic heterocycles. The molecule has 3 amide bonds. The maximum atomic E-state index is 12.1. The standard InChI is InChI=1S/C19H19N5O4/c1-28-15-4-2-3-14(9-15)23-19(27)22-13-7-5-12(6-8-13)10-24-11-21-18(26)16(24)17(20)25/h2-9,11,26H,10H2,1H3,(H2,20,25)(H2,22,23,27). The fourth-order valence-corrected chi connectivity index (χ4v) is 2.63. The molecule has 28 heavy (non-hydrogen) atoms. The minimum absolute atomic E-state index is 0.0557. The van der Waals surface area contributed by atoms with Gasteiger partial charge in [0.25, 0.3) is 5.91 Å². The summed E-state index contributed by atoms with van der Waals surface area (Å²) in [5.74, 6) is -0.523. The summed E-state index contributed by atoms with van der Waals surface area (Å²) >= 11 is 0. The second-order valence-electron chi connectivity index (χ2n) is 5.92. The molecule has 0 unspecified atom stereocenters. The summed E-state index contributed by atoms with van der Waals surface area (Å²) in [6, 6.07) is 13.6. The van der Waals surface area contributed by atoms with Crippen molar-refractivity contribution >= 4 is 23.3 Å². The molecule has 0 radical (unpaired) electrons. The first-order chi connectivity index (χ1) is 13.5.